The van der Waals surface area contributed by atoms with Crippen LogP contribution in [0.3, 0.4) is 0 Å². The van der Waals surface area contributed by atoms with Crippen LogP contribution in [0.25, 0.3) is 0 Å². The molecule has 0 spiro atoms. The summed E-state index contributed by atoms with van der Waals surface area (Å²) in [6, 6.07) is 0. The molecule has 1 aliphatic carbocycles. The standard InChI is InChI=1S/C13H27N/c1-10(2)4-6-12-8-11(3)5-7-13(12)9-14/h10-13H,4-9,14H2,1-3H3. The predicted octanol–water partition coefficient (Wildman–Crippen LogP) is 3.43. The van der Waals surface area contributed by atoms with Gasteiger partial charge >= 0.3 is 0 Å². The minimum Gasteiger partial charge on any atom is -0.330 e. The van der Waals surface area contributed by atoms with E-state index < -0.39 is 0 Å². The third-order valence-electron chi connectivity index (χ3n) is 3.82. The van der Waals surface area contributed by atoms with Crippen LogP contribution in [0.1, 0.15) is 52.9 Å². The number of hydrogen-bond acceptors (Lipinski definition) is 1. The van der Waals surface area contributed by atoms with E-state index >= 15 is 0 Å². The summed E-state index contributed by atoms with van der Waals surface area (Å²) in [5, 5.41) is 0. The molecule has 2 N–H and O–H groups in total. The lowest BCUT2D eigenvalue weighted by Crippen LogP contribution is -2.29. The van der Waals surface area contributed by atoms with Crippen molar-refractivity contribution in [2.45, 2.75) is 52.9 Å². The van der Waals surface area contributed by atoms with Gasteiger partial charge in [-0.1, -0.05) is 33.6 Å². The minimum absolute atomic E-state index is 0.824. The molecule has 0 radical (unpaired) electrons. The van der Waals surface area contributed by atoms with E-state index in [0.717, 1.165) is 30.2 Å². The fourth-order valence-corrected chi connectivity index (χ4v) is 2.77. The molecule has 3 atom stereocenters. The van der Waals surface area contributed by atoms with Crippen molar-refractivity contribution in [3.8, 4) is 0 Å². The first-order valence-corrected chi connectivity index (χ1v) is 6.33. The quantitative estimate of drug-likeness (QED) is 0.734. The van der Waals surface area contributed by atoms with E-state index in [1.807, 2.05) is 0 Å². The van der Waals surface area contributed by atoms with Crippen LogP contribution >= 0.6 is 0 Å². The molecule has 1 nitrogen and oxygen atoms in total. The van der Waals surface area contributed by atoms with Crippen LogP contribution in [0.2, 0.25) is 0 Å². The zero-order chi connectivity index (χ0) is 10.6. The molecule has 1 rings (SSSR count). The molecule has 0 saturated heterocycles. The van der Waals surface area contributed by atoms with Gasteiger partial charge in [0.25, 0.3) is 0 Å². The van der Waals surface area contributed by atoms with Crippen LogP contribution in [0.4, 0.5) is 0 Å². The molecule has 0 aromatic heterocycles. The third-order valence-corrected chi connectivity index (χ3v) is 3.82. The molecule has 1 heteroatoms. The summed E-state index contributed by atoms with van der Waals surface area (Å²) in [4.78, 5) is 0. The fourth-order valence-electron chi connectivity index (χ4n) is 2.77. The van der Waals surface area contributed by atoms with Gasteiger partial charge in [-0.25, -0.2) is 0 Å². The summed E-state index contributed by atoms with van der Waals surface area (Å²) < 4.78 is 0. The van der Waals surface area contributed by atoms with Crippen molar-refractivity contribution in [3.05, 3.63) is 0 Å². The highest BCUT2D eigenvalue weighted by molar-refractivity contribution is 4.79. The van der Waals surface area contributed by atoms with E-state index in [1.54, 1.807) is 0 Å². The van der Waals surface area contributed by atoms with E-state index in [9.17, 15) is 0 Å². The van der Waals surface area contributed by atoms with Gasteiger partial charge in [-0.05, 0) is 49.5 Å². The van der Waals surface area contributed by atoms with Gasteiger partial charge in [0.2, 0.25) is 0 Å². The zero-order valence-electron chi connectivity index (χ0n) is 10.1. The Morgan fingerprint density at radius 3 is 2.50 bits per heavy atom. The minimum atomic E-state index is 0.824. The Labute approximate surface area is 89.5 Å². The molecule has 3 unspecified atom stereocenters. The van der Waals surface area contributed by atoms with Crippen molar-refractivity contribution < 1.29 is 0 Å². The van der Waals surface area contributed by atoms with Crippen molar-refractivity contribution in [1.82, 2.24) is 0 Å². The predicted molar refractivity (Wildman–Crippen MR) is 63.1 cm³/mol. The second-order valence-corrected chi connectivity index (χ2v) is 5.65. The number of rotatable bonds is 4. The molecule has 0 bridgehead atoms. The van der Waals surface area contributed by atoms with Crippen molar-refractivity contribution in [3.63, 3.8) is 0 Å². The Morgan fingerprint density at radius 2 is 1.93 bits per heavy atom. The van der Waals surface area contributed by atoms with E-state index in [0.29, 0.717) is 0 Å². The van der Waals surface area contributed by atoms with E-state index in [-0.39, 0.29) is 0 Å². The molecule has 0 aromatic rings. The average molecular weight is 197 g/mol. The summed E-state index contributed by atoms with van der Waals surface area (Å²) in [5.74, 6) is 3.54. The van der Waals surface area contributed by atoms with Crippen LogP contribution < -0.4 is 5.73 Å². The van der Waals surface area contributed by atoms with Crippen molar-refractivity contribution in [2.75, 3.05) is 6.54 Å². The highest BCUT2D eigenvalue weighted by atomic mass is 14.6. The van der Waals surface area contributed by atoms with E-state index in [2.05, 4.69) is 20.8 Å². The van der Waals surface area contributed by atoms with Gasteiger partial charge in [0, 0.05) is 0 Å². The summed E-state index contributed by atoms with van der Waals surface area (Å²) in [5.41, 5.74) is 5.85. The first-order valence-electron chi connectivity index (χ1n) is 6.33. The lowest BCUT2D eigenvalue weighted by molar-refractivity contribution is 0.176. The Bertz CT molecular complexity index is 153. The maximum atomic E-state index is 5.85. The van der Waals surface area contributed by atoms with Gasteiger partial charge in [0.1, 0.15) is 0 Å². The van der Waals surface area contributed by atoms with Crippen LogP contribution in [0.5, 0.6) is 0 Å². The van der Waals surface area contributed by atoms with Gasteiger partial charge in [-0.15, -0.1) is 0 Å². The Kier molecular flexibility index (Phi) is 4.94. The summed E-state index contributed by atoms with van der Waals surface area (Å²) in [7, 11) is 0. The molecular weight excluding hydrogens is 170 g/mol. The van der Waals surface area contributed by atoms with E-state index in [1.165, 1.54) is 32.1 Å². The Balaban J connectivity index is 2.36. The van der Waals surface area contributed by atoms with Gasteiger partial charge in [-0.3, -0.25) is 0 Å². The molecule has 14 heavy (non-hydrogen) atoms. The highest BCUT2D eigenvalue weighted by Gasteiger charge is 2.27. The van der Waals surface area contributed by atoms with Crippen molar-refractivity contribution >= 4 is 0 Å². The van der Waals surface area contributed by atoms with Crippen LogP contribution in [0.15, 0.2) is 0 Å². The first kappa shape index (κ1) is 12.0. The molecule has 0 aromatic carbocycles. The normalized spacial score (nSPS) is 33.6. The second-order valence-electron chi connectivity index (χ2n) is 5.65. The lowest BCUT2D eigenvalue weighted by atomic mass is 9.72. The maximum absolute atomic E-state index is 5.85. The molecule has 0 aliphatic heterocycles. The first-order chi connectivity index (χ1) is 6.63. The number of nitrogens with two attached hydrogens (primary N) is 1. The Hall–Kier alpha value is -0.0400. The highest BCUT2D eigenvalue weighted by Crippen LogP contribution is 2.36. The van der Waals surface area contributed by atoms with Crippen LogP contribution in [-0.4, -0.2) is 6.54 Å². The van der Waals surface area contributed by atoms with Crippen molar-refractivity contribution in [1.29, 1.82) is 0 Å². The number of hydrogen-bond donors (Lipinski definition) is 1. The second kappa shape index (κ2) is 5.75. The van der Waals surface area contributed by atoms with Gasteiger partial charge < -0.3 is 5.73 Å². The summed E-state index contributed by atoms with van der Waals surface area (Å²) >= 11 is 0. The van der Waals surface area contributed by atoms with Crippen LogP contribution in [0, 0.1) is 23.7 Å². The summed E-state index contributed by atoms with van der Waals surface area (Å²) in [6.45, 7) is 7.96. The fraction of sp³-hybridized carbons (Fsp3) is 1.00. The molecule has 0 heterocycles. The SMILES string of the molecule is CC(C)CCC1CC(C)CCC1CN. The molecule has 1 aliphatic rings. The topological polar surface area (TPSA) is 26.0 Å². The van der Waals surface area contributed by atoms with E-state index in [4.69, 9.17) is 5.73 Å². The molecule has 1 saturated carbocycles. The molecule has 0 amide bonds. The van der Waals surface area contributed by atoms with Crippen molar-refractivity contribution in [2.24, 2.45) is 29.4 Å². The largest absolute Gasteiger partial charge is 0.330 e. The Morgan fingerprint density at radius 1 is 1.21 bits per heavy atom. The smallest absolute Gasteiger partial charge is 0.00462 e. The summed E-state index contributed by atoms with van der Waals surface area (Å²) in [6.07, 6.45) is 6.99. The maximum Gasteiger partial charge on any atom is -0.00462 e. The monoisotopic (exact) mass is 197 g/mol. The van der Waals surface area contributed by atoms with Gasteiger partial charge in [0.05, 0.1) is 0 Å². The lowest BCUT2D eigenvalue weighted by Gasteiger charge is -2.34. The average Bonchev–Trinajstić information content (AvgIpc) is 2.15. The van der Waals surface area contributed by atoms with Crippen LogP contribution in [-0.2, 0) is 0 Å². The zero-order valence-corrected chi connectivity index (χ0v) is 10.1. The third kappa shape index (κ3) is 3.61. The molecular formula is C13H27N. The van der Waals surface area contributed by atoms with Gasteiger partial charge in [0.15, 0.2) is 0 Å². The van der Waals surface area contributed by atoms with Gasteiger partial charge in [-0.2, -0.15) is 0 Å². The molecule has 84 valence electrons. The molecule has 1 fully saturated rings.